The van der Waals surface area contributed by atoms with Crippen LogP contribution in [0.2, 0.25) is 0 Å². The fourth-order valence-corrected chi connectivity index (χ4v) is 1.79. The second kappa shape index (κ2) is 6.05. The Balaban J connectivity index is 1.71. The van der Waals surface area contributed by atoms with Crippen molar-refractivity contribution in [3.05, 3.63) is 30.3 Å². The van der Waals surface area contributed by atoms with Gasteiger partial charge >= 0.3 is 0 Å². The zero-order valence-corrected chi connectivity index (χ0v) is 10.0. The highest BCUT2D eigenvalue weighted by Crippen LogP contribution is 2.08. The van der Waals surface area contributed by atoms with E-state index in [-0.39, 0.29) is 24.5 Å². The monoisotopic (exact) mass is 248 g/mol. The number of ether oxygens (including phenoxy) is 1. The molecular formula is C13H16N2O3. The average Bonchev–Trinajstić information content (AvgIpc) is 2.40. The lowest BCUT2D eigenvalue weighted by Crippen LogP contribution is -2.48. The van der Waals surface area contributed by atoms with E-state index < -0.39 is 0 Å². The van der Waals surface area contributed by atoms with Gasteiger partial charge in [-0.3, -0.25) is 9.59 Å². The molecule has 0 aromatic heterocycles. The Hall–Kier alpha value is -2.04. The lowest BCUT2D eigenvalue weighted by molar-refractivity contribution is -0.126. The van der Waals surface area contributed by atoms with E-state index in [1.54, 1.807) is 12.1 Å². The minimum absolute atomic E-state index is 0.00550. The Morgan fingerprint density at radius 1 is 1.39 bits per heavy atom. The van der Waals surface area contributed by atoms with Gasteiger partial charge in [0, 0.05) is 19.0 Å². The van der Waals surface area contributed by atoms with Gasteiger partial charge in [0.05, 0.1) is 0 Å². The Kier molecular flexibility index (Phi) is 4.17. The summed E-state index contributed by atoms with van der Waals surface area (Å²) in [6, 6.07) is 9.20. The summed E-state index contributed by atoms with van der Waals surface area (Å²) in [5.41, 5.74) is 0. The molecule has 1 aromatic carbocycles. The van der Waals surface area contributed by atoms with E-state index in [1.807, 2.05) is 18.2 Å². The van der Waals surface area contributed by atoms with Gasteiger partial charge in [-0.2, -0.15) is 0 Å². The molecule has 0 bridgehead atoms. The predicted octanol–water partition coefficient (Wildman–Crippen LogP) is 0.460. The molecular weight excluding hydrogens is 232 g/mol. The number of carbonyl (C=O) groups excluding carboxylic acids is 2. The summed E-state index contributed by atoms with van der Waals surface area (Å²) in [5.74, 6) is 0.547. The third kappa shape index (κ3) is 3.76. The Morgan fingerprint density at radius 3 is 2.83 bits per heavy atom. The molecule has 2 rings (SSSR count). The number of piperidine rings is 1. The Morgan fingerprint density at radius 2 is 2.17 bits per heavy atom. The Labute approximate surface area is 106 Å². The van der Waals surface area contributed by atoms with Crippen LogP contribution in [0.15, 0.2) is 30.3 Å². The number of nitrogens with one attached hydrogen (secondary N) is 2. The number of amides is 2. The molecule has 1 aliphatic heterocycles. The fourth-order valence-electron chi connectivity index (χ4n) is 1.79. The fraction of sp³-hybridized carbons (Fsp3) is 0.385. The van der Waals surface area contributed by atoms with E-state index >= 15 is 0 Å². The molecule has 2 N–H and O–H groups in total. The summed E-state index contributed by atoms with van der Waals surface area (Å²) in [6.07, 6.45) is 1.15. The molecule has 18 heavy (non-hydrogen) atoms. The molecule has 5 nitrogen and oxygen atoms in total. The Bertz CT molecular complexity index is 410. The molecule has 96 valence electrons. The minimum Gasteiger partial charge on any atom is -0.484 e. The van der Waals surface area contributed by atoms with E-state index in [9.17, 15) is 9.59 Å². The third-order valence-corrected chi connectivity index (χ3v) is 2.74. The maximum absolute atomic E-state index is 11.6. The maximum atomic E-state index is 11.6. The number of rotatable bonds is 4. The lowest BCUT2D eigenvalue weighted by Gasteiger charge is -2.23. The second-order valence-electron chi connectivity index (χ2n) is 4.21. The molecule has 1 unspecified atom stereocenters. The number of benzene rings is 1. The summed E-state index contributed by atoms with van der Waals surface area (Å²) in [4.78, 5) is 22.6. The van der Waals surface area contributed by atoms with Gasteiger partial charge in [-0.25, -0.2) is 0 Å². The van der Waals surface area contributed by atoms with Crippen LogP contribution >= 0.6 is 0 Å². The highest BCUT2D eigenvalue weighted by atomic mass is 16.5. The number of carbonyl (C=O) groups is 2. The van der Waals surface area contributed by atoms with E-state index in [1.165, 1.54) is 0 Å². The molecule has 1 atom stereocenters. The minimum atomic E-state index is -0.167. The molecule has 1 fully saturated rings. The average molecular weight is 248 g/mol. The first-order valence-corrected chi connectivity index (χ1v) is 5.98. The van der Waals surface area contributed by atoms with Crippen molar-refractivity contribution in [2.45, 2.75) is 18.9 Å². The summed E-state index contributed by atoms with van der Waals surface area (Å²) in [5, 5.41) is 5.55. The maximum Gasteiger partial charge on any atom is 0.258 e. The number of hydrogen-bond acceptors (Lipinski definition) is 3. The smallest absolute Gasteiger partial charge is 0.258 e. The van der Waals surface area contributed by atoms with Crippen LogP contribution in [0.3, 0.4) is 0 Å². The topological polar surface area (TPSA) is 67.4 Å². The summed E-state index contributed by atoms with van der Waals surface area (Å²) < 4.78 is 5.33. The molecule has 5 heteroatoms. The van der Waals surface area contributed by atoms with Crippen LogP contribution in [0.1, 0.15) is 12.8 Å². The predicted molar refractivity (Wildman–Crippen MR) is 66.1 cm³/mol. The largest absolute Gasteiger partial charge is 0.484 e. The van der Waals surface area contributed by atoms with E-state index in [0.29, 0.717) is 25.1 Å². The van der Waals surface area contributed by atoms with Crippen LogP contribution in [-0.4, -0.2) is 31.0 Å². The van der Waals surface area contributed by atoms with Crippen LogP contribution < -0.4 is 15.4 Å². The van der Waals surface area contributed by atoms with Crippen molar-refractivity contribution >= 4 is 11.8 Å². The van der Waals surface area contributed by atoms with Crippen molar-refractivity contribution in [2.24, 2.45) is 0 Å². The highest BCUT2D eigenvalue weighted by Gasteiger charge is 2.19. The van der Waals surface area contributed by atoms with Gasteiger partial charge in [-0.05, 0) is 18.6 Å². The number of para-hydroxylation sites is 1. The molecule has 1 aromatic rings. The van der Waals surface area contributed by atoms with Crippen molar-refractivity contribution in [2.75, 3.05) is 13.2 Å². The van der Waals surface area contributed by atoms with Crippen LogP contribution in [0.5, 0.6) is 5.75 Å². The van der Waals surface area contributed by atoms with Crippen molar-refractivity contribution < 1.29 is 14.3 Å². The normalized spacial score (nSPS) is 18.9. The van der Waals surface area contributed by atoms with Crippen LogP contribution in [0, 0.1) is 0 Å². The van der Waals surface area contributed by atoms with Gasteiger partial charge in [0.25, 0.3) is 5.91 Å². The first kappa shape index (κ1) is 12.4. The van der Waals surface area contributed by atoms with Crippen LogP contribution in [-0.2, 0) is 9.59 Å². The summed E-state index contributed by atoms with van der Waals surface area (Å²) in [6.45, 7) is 0.490. The first-order valence-electron chi connectivity index (χ1n) is 5.98. The first-order chi connectivity index (χ1) is 8.74. The molecule has 2 amide bonds. The molecule has 0 aliphatic carbocycles. The molecule has 1 saturated heterocycles. The van der Waals surface area contributed by atoms with E-state index in [0.717, 1.165) is 0 Å². The van der Waals surface area contributed by atoms with Crippen molar-refractivity contribution in [3.8, 4) is 5.75 Å². The molecule has 1 aliphatic rings. The zero-order valence-electron chi connectivity index (χ0n) is 10.0. The quantitative estimate of drug-likeness (QED) is 0.813. The summed E-state index contributed by atoms with van der Waals surface area (Å²) >= 11 is 0. The molecule has 0 saturated carbocycles. The van der Waals surface area contributed by atoms with Gasteiger partial charge in [0.15, 0.2) is 6.61 Å². The zero-order chi connectivity index (χ0) is 12.8. The van der Waals surface area contributed by atoms with Crippen molar-refractivity contribution in [1.82, 2.24) is 10.6 Å². The van der Waals surface area contributed by atoms with E-state index in [4.69, 9.17) is 4.74 Å². The third-order valence-electron chi connectivity index (χ3n) is 2.74. The van der Waals surface area contributed by atoms with Crippen molar-refractivity contribution in [3.63, 3.8) is 0 Å². The molecule has 0 spiro atoms. The number of hydrogen-bond donors (Lipinski definition) is 2. The summed E-state index contributed by atoms with van der Waals surface area (Å²) in [7, 11) is 0. The lowest BCUT2D eigenvalue weighted by atomic mass is 10.1. The van der Waals surface area contributed by atoms with Gasteiger partial charge < -0.3 is 15.4 Å². The van der Waals surface area contributed by atoms with Gasteiger partial charge in [0.2, 0.25) is 5.91 Å². The molecule has 1 heterocycles. The second-order valence-corrected chi connectivity index (χ2v) is 4.21. The standard InChI is InChI=1S/C13H16N2O3/c16-12-7-6-10(8-14-12)15-13(17)9-18-11-4-2-1-3-5-11/h1-5,10H,6-9H2,(H,14,16)(H,15,17). The van der Waals surface area contributed by atoms with Crippen LogP contribution in [0.25, 0.3) is 0 Å². The van der Waals surface area contributed by atoms with Crippen LogP contribution in [0.4, 0.5) is 0 Å². The van der Waals surface area contributed by atoms with Gasteiger partial charge in [-0.1, -0.05) is 18.2 Å². The van der Waals surface area contributed by atoms with Gasteiger partial charge in [0.1, 0.15) is 5.75 Å². The molecule has 0 radical (unpaired) electrons. The van der Waals surface area contributed by atoms with E-state index in [2.05, 4.69) is 10.6 Å². The highest BCUT2D eigenvalue weighted by molar-refractivity contribution is 5.79. The van der Waals surface area contributed by atoms with Gasteiger partial charge in [-0.15, -0.1) is 0 Å². The van der Waals surface area contributed by atoms with Crippen molar-refractivity contribution in [1.29, 1.82) is 0 Å². The SMILES string of the molecule is O=C1CCC(NC(=O)COc2ccccc2)CN1.